The van der Waals surface area contributed by atoms with Gasteiger partial charge in [-0.15, -0.1) is 11.8 Å². The van der Waals surface area contributed by atoms with E-state index in [0.717, 1.165) is 43.1 Å². The van der Waals surface area contributed by atoms with Crippen molar-refractivity contribution in [2.24, 2.45) is 17.8 Å². The summed E-state index contributed by atoms with van der Waals surface area (Å²) in [7, 11) is 5.90. The number of aldehydes is 1. The number of amides is 5. The zero-order valence-electron chi connectivity index (χ0n) is 38.9. The summed E-state index contributed by atoms with van der Waals surface area (Å²) in [5, 5.41) is 13.9. The molecule has 19 heteroatoms. The molecule has 0 radical (unpaired) electrons. The standard InChI is InChI=1S/C47H63ClN4O13S/c1-26-10-9-11-36(62-8)47(60)23-34(63-45(59)49-47)27(2)42-46(4,65-42)37(22-39(55)51(6)32-19-31(18-26)20-33(61-7)41(32)48)64-44(58)28(3)50(5)38(54)16-17-66-35-21-40(56)52(43(35)57)24-29-12-14-30(25-53)15-13-29/h9-11,19-20,25,27-30,34-37,42,60H,12-18,21-24H2,1-8H3,(H,49,59)/b11-9+,26-10-/t27-,28+,29?,30?,34+,35?,36-,37+,42+,46+,47+/m1/s1. The Morgan fingerprint density at radius 3 is 2.50 bits per heavy atom. The van der Waals surface area contributed by atoms with Crippen LogP contribution >= 0.6 is 23.4 Å². The first-order chi connectivity index (χ1) is 31.2. The molecule has 0 spiro atoms. The van der Waals surface area contributed by atoms with Crippen LogP contribution in [-0.2, 0) is 54.1 Å². The number of likely N-dealkylation sites (tertiary alicyclic amines) is 1. The van der Waals surface area contributed by atoms with E-state index in [9.17, 15) is 38.7 Å². The lowest BCUT2D eigenvalue weighted by Gasteiger charge is -2.42. The van der Waals surface area contributed by atoms with E-state index < -0.39 is 76.8 Å². The molecule has 362 valence electrons. The van der Waals surface area contributed by atoms with Crippen LogP contribution in [0.5, 0.6) is 5.75 Å². The Hall–Kier alpha value is -4.49. The van der Waals surface area contributed by atoms with E-state index in [1.165, 1.54) is 54.7 Å². The van der Waals surface area contributed by atoms with Crippen LogP contribution in [-0.4, -0.2) is 145 Å². The van der Waals surface area contributed by atoms with Gasteiger partial charge in [-0.2, -0.15) is 0 Å². The van der Waals surface area contributed by atoms with Gasteiger partial charge in [-0.3, -0.25) is 29.4 Å². The predicted molar refractivity (Wildman–Crippen MR) is 245 cm³/mol. The minimum absolute atomic E-state index is 0.0285. The molecule has 4 fully saturated rings. The van der Waals surface area contributed by atoms with Crippen molar-refractivity contribution in [2.45, 2.75) is 133 Å². The number of anilines is 1. The quantitative estimate of drug-likeness (QED) is 0.125. The first-order valence-electron chi connectivity index (χ1n) is 22.5. The SMILES string of the molecule is COc1cc2cc(c1Cl)N(C)C(=O)C[C@H](OC(=O)[C@H](C)N(C)C(=O)CCSC1CC(=O)N(CC3CCC(C=O)CC3)C1=O)[C@]1(C)O[C@H]1[C@H](C)[C@@H]1C[C@@](O)(NC(=O)O1)[C@H](OC)/C=C/C=C(/C)C2. The molecule has 1 aromatic rings. The van der Waals surface area contributed by atoms with Gasteiger partial charge in [0.05, 0.1) is 30.6 Å². The van der Waals surface area contributed by atoms with E-state index in [1.54, 1.807) is 45.2 Å². The number of halogens is 1. The van der Waals surface area contributed by atoms with E-state index in [0.29, 0.717) is 24.4 Å². The van der Waals surface area contributed by atoms with Gasteiger partial charge in [-0.05, 0) is 76.5 Å². The number of rotatable bonds is 12. The summed E-state index contributed by atoms with van der Waals surface area (Å²) in [6, 6.07) is 2.43. The highest BCUT2D eigenvalue weighted by Gasteiger charge is 2.64. The molecule has 5 aliphatic rings. The van der Waals surface area contributed by atoms with Crippen molar-refractivity contribution in [3.63, 3.8) is 0 Å². The first kappa shape index (κ1) is 50.9. The second kappa shape index (κ2) is 21.2. The van der Waals surface area contributed by atoms with Crippen LogP contribution in [0.1, 0.15) is 84.6 Å². The molecule has 2 N–H and O–H groups in total. The highest BCUT2D eigenvalue weighted by Crippen LogP contribution is 2.49. The maximum atomic E-state index is 14.3. The van der Waals surface area contributed by atoms with Gasteiger partial charge >= 0.3 is 12.1 Å². The number of hydrogen-bond acceptors (Lipinski definition) is 14. The predicted octanol–water partition coefficient (Wildman–Crippen LogP) is 4.77. The number of fused-ring (bicyclic) bond motifs is 5. The molecule has 0 aromatic heterocycles. The summed E-state index contributed by atoms with van der Waals surface area (Å²) in [6.07, 6.45) is 4.56. The molecule has 1 saturated carbocycles. The molecule has 66 heavy (non-hydrogen) atoms. The van der Waals surface area contributed by atoms with Crippen molar-refractivity contribution in [1.82, 2.24) is 15.1 Å². The van der Waals surface area contributed by atoms with E-state index in [-0.39, 0.29) is 60.1 Å². The molecule has 4 heterocycles. The number of hydrogen-bond donors (Lipinski definition) is 2. The molecule has 1 aromatic carbocycles. The Morgan fingerprint density at radius 1 is 1.12 bits per heavy atom. The third-order valence-corrected chi connectivity index (χ3v) is 15.5. The van der Waals surface area contributed by atoms with Crippen molar-refractivity contribution in [3.8, 4) is 5.75 Å². The first-order valence-corrected chi connectivity index (χ1v) is 23.9. The number of alkyl carbamates (subject to hydrolysis) is 1. The molecular weight excluding hydrogens is 896 g/mol. The Bertz CT molecular complexity index is 2110. The number of epoxide rings is 1. The Kier molecular flexibility index (Phi) is 16.4. The second-order valence-corrected chi connectivity index (χ2v) is 20.2. The number of thioether (sulfide) groups is 1. The fraction of sp³-hybridized carbons (Fsp3) is 0.638. The Balaban J connectivity index is 1.17. The maximum absolute atomic E-state index is 14.3. The van der Waals surface area contributed by atoms with Crippen LogP contribution in [0.2, 0.25) is 5.02 Å². The Morgan fingerprint density at radius 2 is 1.83 bits per heavy atom. The number of esters is 1. The number of nitrogens with zero attached hydrogens (tertiary/aromatic N) is 3. The van der Waals surface area contributed by atoms with Gasteiger partial charge in [-0.1, -0.05) is 42.3 Å². The lowest BCUT2D eigenvalue weighted by atomic mass is 9.82. The highest BCUT2D eigenvalue weighted by atomic mass is 35.5. The average molecular weight is 960 g/mol. The van der Waals surface area contributed by atoms with Gasteiger partial charge in [0.25, 0.3) is 0 Å². The van der Waals surface area contributed by atoms with E-state index >= 15 is 0 Å². The second-order valence-electron chi connectivity index (χ2n) is 18.5. The molecule has 6 rings (SSSR count). The topological polar surface area (TPSA) is 211 Å². The lowest BCUT2D eigenvalue weighted by molar-refractivity contribution is -0.162. The third kappa shape index (κ3) is 11.3. The van der Waals surface area contributed by atoms with Crippen molar-refractivity contribution in [2.75, 3.05) is 45.5 Å². The van der Waals surface area contributed by atoms with Crippen LogP contribution in [0.4, 0.5) is 10.5 Å². The third-order valence-electron chi connectivity index (χ3n) is 13.9. The van der Waals surface area contributed by atoms with Crippen LogP contribution in [0.3, 0.4) is 0 Å². The summed E-state index contributed by atoms with van der Waals surface area (Å²) in [4.78, 5) is 96.0. The van der Waals surface area contributed by atoms with Crippen molar-refractivity contribution < 1.29 is 62.4 Å². The summed E-state index contributed by atoms with van der Waals surface area (Å²) in [5.41, 5.74) is -1.13. The van der Waals surface area contributed by atoms with Crippen LogP contribution < -0.4 is 15.0 Å². The van der Waals surface area contributed by atoms with Crippen LogP contribution in [0.15, 0.2) is 35.9 Å². The smallest absolute Gasteiger partial charge is 0.409 e. The molecular formula is C47H63ClN4O13S. The fourth-order valence-corrected chi connectivity index (χ4v) is 10.8. The minimum Gasteiger partial charge on any atom is -0.495 e. The van der Waals surface area contributed by atoms with Gasteiger partial charge in [0.15, 0.2) is 5.72 Å². The van der Waals surface area contributed by atoms with E-state index in [2.05, 4.69) is 5.32 Å². The van der Waals surface area contributed by atoms with Gasteiger partial charge < -0.3 is 43.4 Å². The number of allylic oxidation sites excluding steroid dienone is 3. The number of methoxy groups -OCH3 is 2. The number of likely N-dealkylation sites (N-methyl/N-ethyl adjacent to an activating group) is 1. The van der Waals surface area contributed by atoms with Gasteiger partial charge in [0, 0.05) is 64.6 Å². The largest absolute Gasteiger partial charge is 0.495 e. The number of imide groups is 1. The number of benzene rings is 1. The number of carbonyl (C=O) groups is 7. The van der Waals surface area contributed by atoms with Crippen molar-refractivity contribution in [3.05, 3.63) is 46.5 Å². The van der Waals surface area contributed by atoms with E-state index in [1.807, 2.05) is 13.0 Å². The number of aliphatic hydroxyl groups is 1. The Labute approximate surface area is 395 Å². The van der Waals surface area contributed by atoms with Crippen LogP contribution in [0.25, 0.3) is 0 Å². The van der Waals surface area contributed by atoms with Gasteiger partial charge in [0.1, 0.15) is 47.0 Å². The zero-order chi connectivity index (χ0) is 48.2. The fourth-order valence-electron chi connectivity index (χ4n) is 9.42. The van der Waals surface area contributed by atoms with Gasteiger partial charge in [-0.25, -0.2) is 9.59 Å². The monoisotopic (exact) mass is 958 g/mol. The zero-order valence-corrected chi connectivity index (χ0v) is 40.5. The highest BCUT2D eigenvalue weighted by molar-refractivity contribution is 8.00. The molecule has 4 aliphatic heterocycles. The number of nitrogens with one attached hydrogen (secondary N) is 1. The average Bonchev–Trinajstić information content (AvgIpc) is 3.91. The number of ether oxygens (including phenoxy) is 5. The van der Waals surface area contributed by atoms with E-state index in [4.69, 9.17) is 35.3 Å². The van der Waals surface area contributed by atoms with Crippen molar-refractivity contribution >= 4 is 71.0 Å². The van der Waals surface area contributed by atoms with Gasteiger partial charge in [0.2, 0.25) is 23.6 Å². The molecule has 9 atom stereocenters. The summed E-state index contributed by atoms with van der Waals surface area (Å²) >= 11 is 8.03. The molecule has 17 nitrogen and oxygen atoms in total. The van der Waals surface area contributed by atoms with Crippen LogP contribution in [0, 0.1) is 17.8 Å². The maximum Gasteiger partial charge on any atom is 0.409 e. The molecule has 1 unspecified atom stereocenters. The normalized spacial score (nSPS) is 33.4. The lowest BCUT2D eigenvalue weighted by Crippen LogP contribution is -2.63. The summed E-state index contributed by atoms with van der Waals surface area (Å²) < 4.78 is 29.4. The molecule has 5 amide bonds. The molecule has 4 bridgehead atoms. The minimum atomic E-state index is -1.87. The molecule has 1 aliphatic carbocycles. The van der Waals surface area contributed by atoms with Crippen molar-refractivity contribution in [1.29, 1.82) is 0 Å². The summed E-state index contributed by atoms with van der Waals surface area (Å²) in [5.74, 6) is -2.03. The molecule has 3 saturated heterocycles. The summed E-state index contributed by atoms with van der Waals surface area (Å²) in [6.45, 7) is 7.21. The number of carbonyl (C=O) groups excluding carboxylic acids is 7.